The van der Waals surface area contributed by atoms with E-state index in [4.69, 9.17) is 4.74 Å². The maximum Gasteiger partial charge on any atom is 0.123 e. The quantitative estimate of drug-likeness (QED) is 0.887. The van der Waals surface area contributed by atoms with Crippen molar-refractivity contribution in [1.29, 1.82) is 0 Å². The molecule has 18 heavy (non-hydrogen) atoms. The molecule has 2 rings (SSSR count). The standard InChI is InChI=1S/C15H22FNO/c1-3-15(2)10-14(8-9-18-15)17-11-12-4-6-13(16)7-5-12/h4-7,14,17H,3,8-11H2,1-2H3. The molecule has 2 unspecified atom stereocenters. The van der Waals surface area contributed by atoms with Crippen molar-refractivity contribution in [3.63, 3.8) is 0 Å². The summed E-state index contributed by atoms with van der Waals surface area (Å²) in [7, 11) is 0. The summed E-state index contributed by atoms with van der Waals surface area (Å²) in [5.41, 5.74) is 1.14. The van der Waals surface area contributed by atoms with Gasteiger partial charge >= 0.3 is 0 Å². The summed E-state index contributed by atoms with van der Waals surface area (Å²) in [6.45, 7) is 5.97. The topological polar surface area (TPSA) is 21.3 Å². The molecule has 2 atom stereocenters. The summed E-state index contributed by atoms with van der Waals surface area (Å²) < 4.78 is 18.6. The number of hydrogen-bond acceptors (Lipinski definition) is 2. The van der Waals surface area contributed by atoms with E-state index < -0.39 is 0 Å². The van der Waals surface area contributed by atoms with Gasteiger partial charge in [-0.1, -0.05) is 19.1 Å². The Labute approximate surface area is 109 Å². The van der Waals surface area contributed by atoms with E-state index in [9.17, 15) is 4.39 Å². The maximum atomic E-state index is 12.8. The lowest BCUT2D eigenvalue weighted by atomic mass is 9.90. The Hall–Kier alpha value is -0.930. The highest BCUT2D eigenvalue weighted by molar-refractivity contribution is 5.15. The lowest BCUT2D eigenvalue weighted by molar-refractivity contribution is -0.0781. The number of nitrogens with one attached hydrogen (secondary N) is 1. The van der Waals surface area contributed by atoms with E-state index in [1.165, 1.54) is 12.1 Å². The van der Waals surface area contributed by atoms with Crippen LogP contribution in [-0.4, -0.2) is 18.2 Å². The van der Waals surface area contributed by atoms with E-state index in [1.54, 1.807) is 0 Å². The Morgan fingerprint density at radius 1 is 1.39 bits per heavy atom. The Morgan fingerprint density at radius 3 is 2.78 bits per heavy atom. The molecule has 1 aromatic carbocycles. The van der Waals surface area contributed by atoms with Crippen LogP contribution in [0, 0.1) is 5.82 Å². The maximum absolute atomic E-state index is 12.8. The molecule has 2 nitrogen and oxygen atoms in total. The van der Waals surface area contributed by atoms with Gasteiger partial charge in [0.15, 0.2) is 0 Å². The zero-order chi connectivity index (χ0) is 13.0. The van der Waals surface area contributed by atoms with Crippen LogP contribution in [0.5, 0.6) is 0 Å². The van der Waals surface area contributed by atoms with E-state index in [0.29, 0.717) is 6.04 Å². The number of hydrogen-bond donors (Lipinski definition) is 1. The smallest absolute Gasteiger partial charge is 0.123 e. The zero-order valence-electron chi connectivity index (χ0n) is 11.2. The van der Waals surface area contributed by atoms with E-state index in [0.717, 1.165) is 38.0 Å². The molecule has 0 aromatic heterocycles. The predicted molar refractivity (Wildman–Crippen MR) is 70.9 cm³/mol. The molecule has 1 N–H and O–H groups in total. The van der Waals surface area contributed by atoms with E-state index in [1.807, 2.05) is 12.1 Å². The van der Waals surface area contributed by atoms with Crippen molar-refractivity contribution in [2.75, 3.05) is 6.61 Å². The van der Waals surface area contributed by atoms with Gasteiger partial charge < -0.3 is 10.1 Å². The molecule has 0 aliphatic carbocycles. The highest BCUT2D eigenvalue weighted by atomic mass is 19.1. The number of halogens is 1. The fourth-order valence-corrected chi connectivity index (χ4v) is 2.41. The average Bonchev–Trinajstić information content (AvgIpc) is 2.38. The van der Waals surface area contributed by atoms with E-state index in [2.05, 4.69) is 19.2 Å². The average molecular weight is 251 g/mol. The summed E-state index contributed by atoms with van der Waals surface area (Å²) in [6.07, 6.45) is 3.14. The van der Waals surface area contributed by atoms with Crippen LogP contribution >= 0.6 is 0 Å². The monoisotopic (exact) mass is 251 g/mol. The van der Waals surface area contributed by atoms with Crippen LogP contribution in [0.4, 0.5) is 4.39 Å². The second kappa shape index (κ2) is 5.81. The molecule has 0 amide bonds. The fourth-order valence-electron chi connectivity index (χ4n) is 2.41. The van der Waals surface area contributed by atoms with E-state index in [-0.39, 0.29) is 11.4 Å². The van der Waals surface area contributed by atoms with Gasteiger partial charge in [0.25, 0.3) is 0 Å². The van der Waals surface area contributed by atoms with Gasteiger partial charge in [-0.3, -0.25) is 0 Å². The van der Waals surface area contributed by atoms with Gasteiger partial charge in [-0.05, 0) is 43.9 Å². The number of rotatable bonds is 4. The first-order chi connectivity index (χ1) is 8.61. The summed E-state index contributed by atoms with van der Waals surface area (Å²) >= 11 is 0. The first-order valence-corrected chi connectivity index (χ1v) is 6.73. The Balaban J connectivity index is 1.85. The molecule has 1 aromatic rings. The van der Waals surface area contributed by atoms with Crippen LogP contribution in [0.1, 0.15) is 38.7 Å². The van der Waals surface area contributed by atoms with Crippen molar-refractivity contribution in [1.82, 2.24) is 5.32 Å². The highest BCUT2D eigenvalue weighted by Gasteiger charge is 2.31. The first kappa shape index (κ1) is 13.5. The van der Waals surface area contributed by atoms with Crippen LogP contribution in [0.3, 0.4) is 0 Å². The van der Waals surface area contributed by atoms with Gasteiger partial charge in [-0.2, -0.15) is 0 Å². The van der Waals surface area contributed by atoms with Crippen molar-refractivity contribution in [3.05, 3.63) is 35.6 Å². The van der Waals surface area contributed by atoms with Gasteiger partial charge in [-0.25, -0.2) is 4.39 Å². The third kappa shape index (κ3) is 3.53. The molecule has 3 heteroatoms. The molecular weight excluding hydrogens is 229 g/mol. The molecule has 1 aliphatic heterocycles. The third-order valence-corrected chi connectivity index (χ3v) is 3.85. The third-order valence-electron chi connectivity index (χ3n) is 3.85. The molecule has 0 saturated carbocycles. The number of benzene rings is 1. The minimum atomic E-state index is -0.177. The Kier molecular flexibility index (Phi) is 4.36. The molecule has 1 fully saturated rings. The first-order valence-electron chi connectivity index (χ1n) is 6.73. The van der Waals surface area contributed by atoms with Gasteiger partial charge in [0.2, 0.25) is 0 Å². The van der Waals surface area contributed by atoms with Crippen molar-refractivity contribution in [2.45, 2.75) is 51.3 Å². The highest BCUT2D eigenvalue weighted by Crippen LogP contribution is 2.27. The molecule has 0 bridgehead atoms. The largest absolute Gasteiger partial charge is 0.375 e. The predicted octanol–water partition coefficient (Wildman–Crippen LogP) is 3.26. The fraction of sp³-hybridized carbons (Fsp3) is 0.600. The van der Waals surface area contributed by atoms with Gasteiger partial charge in [-0.15, -0.1) is 0 Å². The SMILES string of the molecule is CCC1(C)CC(NCc2ccc(F)cc2)CCO1. The normalized spacial score (nSPS) is 28.3. The summed E-state index contributed by atoms with van der Waals surface area (Å²) in [4.78, 5) is 0. The molecule has 1 saturated heterocycles. The van der Waals surface area contributed by atoms with Crippen LogP contribution in [0.25, 0.3) is 0 Å². The Bertz CT molecular complexity index is 379. The lowest BCUT2D eigenvalue weighted by Crippen LogP contribution is -2.44. The molecule has 1 heterocycles. The van der Waals surface area contributed by atoms with Crippen molar-refractivity contribution < 1.29 is 9.13 Å². The number of ether oxygens (including phenoxy) is 1. The lowest BCUT2D eigenvalue weighted by Gasteiger charge is -2.38. The van der Waals surface area contributed by atoms with Crippen molar-refractivity contribution in [3.8, 4) is 0 Å². The Morgan fingerprint density at radius 2 is 2.11 bits per heavy atom. The summed E-state index contributed by atoms with van der Waals surface area (Å²) in [5.74, 6) is -0.177. The van der Waals surface area contributed by atoms with Crippen LogP contribution < -0.4 is 5.32 Å². The molecule has 0 spiro atoms. The van der Waals surface area contributed by atoms with E-state index >= 15 is 0 Å². The van der Waals surface area contributed by atoms with Crippen molar-refractivity contribution >= 4 is 0 Å². The second-order valence-corrected chi connectivity index (χ2v) is 5.35. The summed E-state index contributed by atoms with van der Waals surface area (Å²) in [5, 5.41) is 3.54. The van der Waals surface area contributed by atoms with Gasteiger partial charge in [0.1, 0.15) is 5.82 Å². The minimum Gasteiger partial charge on any atom is -0.375 e. The second-order valence-electron chi connectivity index (χ2n) is 5.35. The zero-order valence-corrected chi connectivity index (χ0v) is 11.2. The van der Waals surface area contributed by atoms with Crippen molar-refractivity contribution in [2.24, 2.45) is 0 Å². The molecule has 0 radical (unpaired) electrons. The minimum absolute atomic E-state index is 0.0126. The van der Waals surface area contributed by atoms with Crippen LogP contribution in [-0.2, 0) is 11.3 Å². The summed E-state index contributed by atoms with van der Waals surface area (Å²) in [6, 6.07) is 7.18. The molecular formula is C15H22FNO. The van der Waals surface area contributed by atoms with Gasteiger partial charge in [0, 0.05) is 19.2 Å². The van der Waals surface area contributed by atoms with Gasteiger partial charge in [0.05, 0.1) is 5.60 Å². The van der Waals surface area contributed by atoms with Crippen LogP contribution in [0.15, 0.2) is 24.3 Å². The molecule has 1 aliphatic rings. The molecule has 100 valence electrons. The van der Waals surface area contributed by atoms with Crippen LogP contribution in [0.2, 0.25) is 0 Å².